The van der Waals surface area contributed by atoms with Crippen molar-refractivity contribution in [2.45, 2.75) is 18.0 Å². The van der Waals surface area contributed by atoms with Gasteiger partial charge in [0, 0.05) is 13.1 Å². The van der Waals surface area contributed by atoms with Crippen molar-refractivity contribution in [3.05, 3.63) is 45.4 Å². The molecule has 19 heavy (non-hydrogen) atoms. The highest BCUT2D eigenvalue weighted by molar-refractivity contribution is 7.89. The molecule has 0 saturated heterocycles. The first kappa shape index (κ1) is 14.4. The lowest BCUT2D eigenvalue weighted by Crippen LogP contribution is -2.14. The van der Waals surface area contributed by atoms with Crippen LogP contribution < -0.4 is 10.5 Å². The first-order valence-electron chi connectivity index (χ1n) is 5.38. The van der Waals surface area contributed by atoms with Gasteiger partial charge in [-0.05, 0) is 17.7 Å². The summed E-state index contributed by atoms with van der Waals surface area (Å²) in [5.74, 6) is 0. The number of aromatic nitrogens is 1. The van der Waals surface area contributed by atoms with Crippen molar-refractivity contribution < 1.29 is 8.42 Å². The van der Waals surface area contributed by atoms with Crippen molar-refractivity contribution in [2.75, 3.05) is 0 Å². The predicted molar refractivity (Wildman–Crippen MR) is 75.5 cm³/mol. The highest BCUT2D eigenvalue weighted by atomic mass is 35.5. The number of thiazole rings is 1. The van der Waals surface area contributed by atoms with Crippen LogP contribution in [0.4, 0.5) is 0 Å². The molecule has 1 heterocycles. The van der Waals surface area contributed by atoms with Gasteiger partial charge in [-0.1, -0.05) is 23.7 Å². The Morgan fingerprint density at radius 3 is 2.47 bits per heavy atom. The van der Waals surface area contributed by atoms with Crippen LogP contribution in [-0.2, 0) is 23.1 Å². The first-order valence-corrected chi connectivity index (χ1v) is 8.12. The summed E-state index contributed by atoms with van der Waals surface area (Å²) < 4.78 is 22.8. The third-order valence-electron chi connectivity index (χ3n) is 2.38. The number of nitrogens with zero attached hydrogens (tertiary/aromatic N) is 1. The summed E-state index contributed by atoms with van der Waals surface area (Å²) in [5, 5.41) is 9.13. The molecule has 0 atom stereocenters. The molecule has 0 bridgehead atoms. The van der Waals surface area contributed by atoms with E-state index < -0.39 is 10.0 Å². The number of nitrogens with one attached hydrogen (secondary N) is 1. The molecule has 0 aliphatic rings. The average molecular weight is 318 g/mol. The Hall–Kier alpha value is -0.990. The van der Waals surface area contributed by atoms with Gasteiger partial charge in [0.15, 0.2) is 0 Å². The second kappa shape index (κ2) is 5.98. The molecule has 0 aliphatic heterocycles. The maximum Gasteiger partial charge on any atom is 0.238 e. The molecule has 8 heteroatoms. The van der Waals surface area contributed by atoms with Gasteiger partial charge in [0.2, 0.25) is 10.0 Å². The zero-order valence-electron chi connectivity index (χ0n) is 9.84. The molecule has 0 amide bonds. The van der Waals surface area contributed by atoms with Gasteiger partial charge in [0.25, 0.3) is 0 Å². The van der Waals surface area contributed by atoms with Crippen LogP contribution in [0.15, 0.2) is 35.4 Å². The summed E-state index contributed by atoms with van der Waals surface area (Å²) in [6.45, 7) is 1.23. The number of primary sulfonamides is 1. The number of benzene rings is 1. The van der Waals surface area contributed by atoms with Gasteiger partial charge in [-0.25, -0.2) is 18.5 Å². The van der Waals surface area contributed by atoms with Gasteiger partial charge in [0.1, 0.15) is 9.34 Å². The predicted octanol–water partition coefficient (Wildman–Crippen LogP) is 1.73. The van der Waals surface area contributed by atoms with Gasteiger partial charge >= 0.3 is 0 Å². The molecule has 0 aliphatic carbocycles. The van der Waals surface area contributed by atoms with Crippen LogP contribution in [-0.4, -0.2) is 13.4 Å². The van der Waals surface area contributed by atoms with Crippen LogP contribution in [0.2, 0.25) is 4.34 Å². The average Bonchev–Trinajstić information content (AvgIpc) is 2.75. The molecule has 0 radical (unpaired) electrons. The minimum atomic E-state index is -3.62. The molecule has 102 valence electrons. The maximum atomic E-state index is 11.1. The lowest BCUT2D eigenvalue weighted by atomic mass is 10.2. The first-order chi connectivity index (χ1) is 8.95. The molecule has 1 aromatic heterocycles. The number of sulfonamides is 1. The van der Waals surface area contributed by atoms with E-state index in [-0.39, 0.29) is 4.90 Å². The largest absolute Gasteiger partial charge is 0.306 e. The summed E-state index contributed by atoms with van der Waals surface area (Å²) in [5.41, 5.74) is 0.968. The quantitative estimate of drug-likeness (QED) is 0.879. The SMILES string of the molecule is NS(=O)(=O)c1ccc(CNCc2ncc(Cl)s2)cc1. The smallest absolute Gasteiger partial charge is 0.238 e. The summed E-state index contributed by atoms with van der Waals surface area (Å²) >= 11 is 7.20. The van der Waals surface area contributed by atoms with E-state index in [0.717, 1.165) is 10.6 Å². The normalized spacial score (nSPS) is 11.7. The van der Waals surface area contributed by atoms with Crippen molar-refractivity contribution in [3.63, 3.8) is 0 Å². The van der Waals surface area contributed by atoms with Crippen molar-refractivity contribution in [1.29, 1.82) is 0 Å². The minimum absolute atomic E-state index is 0.114. The Balaban J connectivity index is 1.90. The summed E-state index contributed by atoms with van der Waals surface area (Å²) in [7, 11) is -3.62. The topological polar surface area (TPSA) is 85.1 Å². The zero-order valence-corrected chi connectivity index (χ0v) is 12.2. The van der Waals surface area contributed by atoms with Crippen LogP contribution in [0, 0.1) is 0 Å². The third kappa shape index (κ3) is 4.26. The van der Waals surface area contributed by atoms with E-state index in [4.69, 9.17) is 16.7 Å². The fourth-order valence-electron chi connectivity index (χ4n) is 1.48. The van der Waals surface area contributed by atoms with Crippen molar-refractivity contribution in [2.24, 2.45) is 5.14 Å². The van der Waals surface area contributed by atoms with Crippen molar-refractivity contribution >= 4 is 33.0 Å². The molecule has 2 aromatic rings. The monoisotopic (exact) mass is 317 g/mol. The number of hydrogen-bond donors (Lipinski definition) is 2. The maximum absolute atomic E-state index is 11.1. The Kier molecular flexibility index (Phi) is 4.54. The van der Waals surface area contributed by atoms with E-state index in [1.54, 1.807) is 18.3 Å². The Labute approximate surface area is 120 Å². The van der Waals surface area contributed by atoms with Crippen LogP contribution in [0.5, 0.6) is 0 Å². The lowest BCUT2D eigenvalue weighted by molar-refractivity contribution is 0.597. The van der Waals surface area contributed by atoms with Gasteiger partial charge in [0.05, 0.1) is 11.1 Å². The molecule has 0 saturated carbocycles. The minimum Gasteiger partial charge on any atom is -0.306 e. The van der Waals surface area contributed by atoms with Crippen LogP contribution in [0.3, 0.4) is 0 Å². The van der Waals surface area contributed by atoms with Crippen LogP contribution in [0.1, 0.15) is 10.6 Å². The molecule has 3 N–H and O–H groups in total. The van der Waals surface area contributed by atoms with E-state index in [9.17, 15) is 8.42 Å². The molecule has 5 nitrogen and oxygen atoms in total. The van der Waals surface area contributed by atoms with Crippen LogP contribution in [0.25, 0.3) is 0 Å². The van der Waals surface area contributed by atoms with Gasteiger partial charge < -0.3 is 5.32 Å². The lowest BCUT2D eigenvalue weighted by Gasteiger charge is -2.04. The molecule has 2 rings (SSSR count). The van der Waals surface area contributed by atoms with Crippen LogP contribution >= 0.6 is 22.9 Å². The second-order valence-electron chi connectivity index (χ2n) is 3.85. The number of rotatable bonds is 5. The molecular formula is C11H12ClN3O2S2. The third-order valence-corrected chi connectivity index (χ3v) is 4.43. The Morgan fingerprint density at radius 2 is 1.95 bits per heavy atom. The Bertz CT molecular complexity index is 653. The number of halogens is 1. The van der Waals surface area contributed by atoms with Gasteiger partial charge in [-0.2, -0.15) is 0 Å². The fraction of sp³-hybridized carbons (Fsp3) is 0.182. The summed E-state index contributed by atoms with van der Waals surface area (Å²) in [6, 6.07) is 6.43. The molecule has 1 aromatic carbocycles. The van der Waals surface area contributed by atoms with E-state index in [2.05, 4.69) is 10.3 Å². The molecular weight excluding hydrogens is 306 g/mol. The summed E-state index contributed by atoms with van der Waals surface area (Å²) in [6.07, 6.45) is 1.62. The summed E-state index contributed by atoms with van der Waals surface area (Å²) in [4.78, 5) is 4.24. The second-order valence-corrected chi connectivity index (χ2v) is 7.16. The zero-order chi connectivity index (χ0) is 13.9. The van der Waals surface area contributed by atoms with E-state index in [1.807, 2.05) is 0 Å². The number of nitrogens with two attached hydrogens (primary N) is 1. The van der Waals surface area contributed by atoms with Crippen molar-refractivity contribution in [3.8, 4) is 0 Å². The molecule has 0 spiro atoms. The number of hydrogen-bond acceptors (Lipinski definition) is 5. The van der Waals surface area contributed by atoms with Gasteiger partial charge in [-0.15, -0.1) is 11.3 Å². The standard InChI is InChI=1S/C11H12ClN3O2S2/c12-10-6-15-11(18-10)7-14-5-8-1-3-9(4-2-8)19(13,16)17/h1-4,6,14H,5,7H2,(H2,13,16,17). The van der Waals surface area contributed by atoms with Crippen molar-refractivity contribution in [1.82, 2.24) is 10.3 Å². The molecule has 0 unspecified atom stereocenters. The Morgan fingerprint density at radius 1 is 1.26 bits per heavy atom. The van der Waals surface area contributed by atoms with Gasteiger partial charge in [-0.3, -0.25) is 0 Å². The van der Waals surface area contributed by atoms with E-state index >= 15 is 0 Å². The fourth-order valence-corrected chi connectivity index (χ4v) is 2.92. The highest BCUT2D eigenvalue weighted by Crippen LogP contribution is 2.18. The van der Waals surface area contributed by atoms with E-state index in [1.165, 1.54) is 23.5 Å². The van der Waals surface area contributed by atoms with E-state index in [0.29, 0.717) is 17.4 Å². The molecule has 0 fully saturated rings. The highest BCUT2D eigenvalue weighted by Gasteiger charge is 2.06.